The molecule has 6 nitrogen and oxygen atoms in total. The number of hydrogen-bond donors (Lipinski definition) is 1. The zero-order chi connectivity index (χ0) is 13.5. The fraction of sp³-hybridized carbons (Fsp3) is 0.455. The number of nitrogens with one attached hydrogen (secondary N) is 1. The molecule has 2 rings (SSSR count). The number of hydrogen-bond acceptors (Lipinski definition) is 6. The Kier molecular flexibility index (Phi) is 5.41. The molecule has 0 amide bonds. The quantitative estimate of drug-likeness (QED) is 0.791. The van der Waals surface area contributed by atoms with E-state index >= 15 is 0 Å². The molecule has 2 aromatic rings. The van der Waals surface area contributed by atoms with E-state index < -0.39 is 0 Å². The van der Waals surface area contributed by atoms with Crippen LogP contribution in [0.1, 0.15) is 12.8 Å². The second kappa shape index (κ2) is 7.30. The predicted molar refractivity (Wildman–Crippen MR) is 78.1 cm³/mol. The van der Waals surface area contributed by atoms with Gasteiger partial charge in [0.15, 0.2) is 0 Å². The minimum absolute atomic E-state index is 0.159. The summed E-state index contributed by atoms with van der Waals surface area (Å²) in [6, 6.07) is 1.80. The summed E-state index contributed by atoms with van der Waals surface area (Å²) >= 11 is 7.73. The van der Waals surface area contributed by atoms with Gasteiger partial charge in [0, 0.05) is 18.9 Å². The number of anilines is 1. The van der Waals surface area contributed by atoms with Gasteiger partial charge in [-0.05, 0) is 42.5 Å². The van der Waals surface area contributed by atoms with E-state index in [2.05, 4.69) is 31.6 Å². The molecule has 0 atom stereocenters. The smallest absolute Gasteiger partial charge is 0.256 e. The van der Waals surface area contributed by atoms with Crippen molar-refractivity contribution in [2.45, 2.75) is 12.8 Å². The Labute approximate surface area is 121 Å². The first kappa shape index (κ1) is 14.1. The van der Waals surface area contributed by atoms with Crippen molar-refractivity contribution in [3.63, 3.8) is 0 Å². The predicted octanol–water partition coefficient (Wildman–Crippen LogP) is 2.27. The van der Waals surface area contributed by atoms with E-state index in [1.807, 2.05) is 11.8 Å². The Bertz CT molecular complexity index is 504. The van der Waals surface area contributed by atoms with Crippen molar-refractivity contribution >= 4 is 29.3 Å². The van der Waals surface area contributed by atoms with Crippen molar-refractivity contribution in [2.24, 2.45) is 0 Å². The highest BCUT2D eigenvalue weighted by molar-refractivity contribution is 7.98. The summed E-state index contributed by atoms with van der Waals surface area (Å²) in [5.74, 6) is 2.06. The van der Waals surface area contributed by atoms with Crippen LogP contribution in [0, 0.1) is 0 Å². The standard InChI is InChI=1S/C11H15ClN6S/c1-19-8-3-2-5-13-10-15-9(12)16-11(17-10)18-7-4-6-14-18/h4,6-7H,2-3,5,8H2,1H3,(H,13,15,16,17). The summed E-state index contributed by atoms with van der Waals surface area (Å²) < 4.78 is 1.55. The number of thioether (sulfide) groups is 1. The third-order valence-corrected chi connectivity index (χ3v) is 3.23. The van der Waals surface area contributed by atoms with Gasteiger partial charge in [-0.3, -0.25) is 0 Å². The molecule has 0 spiro atoms. The molecule has 1 N–H and O–H groups in total. The first-order valence-electron chi connectivity index (χ1n) is 5.94. The average Bonchev–Trinajstić information content (AvgIpc) is 2.92. The second-order valence-electron chi connectivity index (χ2n) is 3.81. The van der Waals surface area contributed by atoms with Crippen molar-refractivity contribution in [3.05, 3.63) is 23.7 Å². The Morgan fingerprint density at radius 2 is 2.21 bits per heavy atom. The molecule has 0 saturated carbocycles. The van der Waals surface area contributed by atoms with E-state index in [9.17, 15) is 0 Å². The molecule has 102 valence electrons. The van der Waals surface area contributed by atoms with Crippen molar-refractivity contribution < 1.29 is 0 Å². The second-order valence-corrected chi connectivity index (χ2v) is 5.13. The van der Waals surface area contributed by atoms with Gasteiger partial charge in [-0.25, -0.2) is 4.68 Å². The van der Waals surface area contributed by atoms with Crippen LogP contribution >= 0.6 is 23.4 Å². The minimum Gasteiger partial charge on any atom is -0.354 e. The third kappa shape index (κ3) is 4.36. The highest BCUT2D eigenvalue weighted by atomic mass is 35.5. The Morgan fingerprint density at radius 3 is 2.95 bits per heavy atom. The molecule has 0 unspecified atom stereocenters. The average molecular weight is 299 g/mol. The molecule has 2 heterocycles. The molecule has 0 aliphatic carbocycles. The summed E-state index contributed by atoms with van der Waals surface area (Å²) in [4.78, 5) is 12.4. The lowest BCUT2D eigenvalue weighted by atomic mass is 10.3. The van der Waals surface area contributed by atoms with E-state index in [1.54, 1.807) is 23.1 Å². The maximum Gasteiger partial charge on any atom is 0.256 e. The summed E-state index contributed by atoms with van der Waals surface area (Å²) in [7, 11) is 0. The fourth-order valence-corrected chi connectivity index (χ4v) is 2.13. The molecule has 0 saturated heterocycles. The zero-order valence-electron chi connectivity index (χ0n) is 10.6. The van der Waals surface area contributed by atoms with Gasteiger partial charge in [0.1, 0.15) is 0 Å². The lowest BCUT2D eigenvalue weighted by Crippen LogP contribution is -2.10. The Balaban J connectivity index is 1.97. The third-order valence-electron chi connectivity index (χ3n) is 2.36. The summed E-state index contributed by atoms with van der Waals surface area (Å²) in [5, 5.41) is 7.37. The topological polar surface area (TPSA) is 68.5 Å². The van der Waals surface area contributed by atoms with Crippen LogP contribution in [0.15, 0.2) is 18.5 Å². The van der Waals surface area contributed by atoms with Crippen LogP contribution < -0.4 is 5.32 Å². The molecule has 0 fully saturated rings. The van der Waals surface area contributed by atoms with Crippen LogP contribution in [0.2, 0.25) is 5.28 Å². The van der Waals surface area contributed by atoms with Crippen LogP contribution in [0.5, 0.6) is 0 Å². The normalized spacial score (nSPS) is 10.6. The minimum atomic E-state index is 0.159. The first-order valence-corrected chi connectivity index (χ1v) is 7.71. The van der Waals surface area contributed by atoms with Crippen LogP contribution in [0.3, 0.4) is 0 Å². The molecule has 0 radical (unpaired) electrons. The summed E-state index contributed by atoms with van der Waals surface area (Å²) in [6.07, 6.45) is 7.76. The van der Waals surface area contributed by atoms with Gasteiger partial charge >= 0.3 is 0 Å². The van der Waals surface area contributed by atoms with Crippen molar-refractivity contribution in [2.75, 3.05) is 23.9 Å². The maximum absolute atomic E-state index is 5.88. The van der Waals surface area contributed by atoms with E-state index in [-0.39, 0.29) is 5.28 Å². The largest absolute Gasteiger partial charge is 0.354 e. The Morgan fingerprint density at radius 1 is 1.32 bits per heavy atom. The lowest BCUT2D eigenvalue weighted by molar-refractivity contribution is 0.786. The van der Waals surface area contributed by atoms with Gasteiger partial charge in [-0.2, -0.15) is 31.8 Å². The molecule has 0 aliphatic heterocycles. The number of halogens is 1. The fourth-order valence-electron chi connectivity index (χ4n) is 1.48. The molecule has 0 aromatic carbocycles. The van der Waals surface area contributed by atoms with Crippen molar-refractivity contribution in [3.8, 4) is 5.95 Å². The monoisotopic (exact) mass is 298 g/mol. The van der Waals surface area contributed by atoms with Crippen LogP contribution in [-0.2, 0) is 0 Å². The highest BCUT2D eigenvalue weighted by Crippen LogP contribution is 2.09. The molecule has 19 heavy (non-hydrogen) atoms. The summed E-state index contributed by atoms with van der Waals surface area (Å²) in [6.45, 7) is 0.819. The molecular formula is C11H15ClN6S. The van der Waals surface area contributed by atoms with E-state index in [4.69, 9.17) is 11.6 Å². The van der Waals surface area contributed by atoms with Crippen LogP contribution in [0.4, 0.5) is 5.95 Å². The SMILES string of the molecule is CSCCCCNc1nc(Cl)nc(-n2cccn2)n1. The van der Waals surface area contributed by atoms with E-state index in [1.165, 1.54) is 6.42 Å². The first-order chi connectivity index (χ1) is 9.29. The van der Waals surface area contributed by atoms with Gasteiger partial charge < -0.3 is 5.32 Å². The summed E-state index contributed by atoms with van der Waals surface area (Å²) in [5.41, 5.74) is 0. The number of nitrogens with zero attached hydrogens (tertiary/aromatic N) is 5. The molecule has 0 aliphatic rings. The van der Waals surface area contributed by atoms with Gasteiger partial charge in [-0.15, -0.1) is 0 Å². The van der Waals surface area contributed by atoms with Crippen LogP contribution in [0.25, 0.3) is 5.95 Å². The van der Waals surface area contributed by atoms with Crippen molar-refractivity contribution in [1.82, 2.24) is 24.7 Å². The number of rotatable bonds is 7. The number of aromatic nitrogens is 5. The molecular weight excluding hydrogens is 284 g/mol. The van der Waals surface area contributed by atoms with Gasteiger partial charge in [0.05, 0.1) is 0 Å². The lowest BCUT2D eigenvalue weighted by Gasteiger charge is -2.06. The molecule has 2 aromatic heterocycles. The van der Waals surface area contributed by atoms with Gasteiger partial charge in [0.25, 0.3) is 5.95 Å². The number of unbranched alkanes of at least 4 members (excludes halogenated alkanes) is 1. The molecule has 0 bridgehead atoms. The zero-order valence-corrected chi connectivity index (χ0v) is 12.2. The van der Waals surface area contributed by atoms with E-state index in [0.717, 1.165) is 18.7 Å². The van der Waals surface area contributed by atoms with E-state index in [0.29, 0.717) is 11.9 Å². The maximum atomic E-state index is 5.88. The van der Waals surface area contributed by atoms with Crippen molar-refractivity contribution in [1.29, 1.82) is 0 Å². The van der Waals surface area contributed by atoms with Crippen LogP contribution in [-0.4, -0.2) is 43.3 Å². The Hall–Kier alpha value is -1.34. The highest BCUT2D eigenvalue weighted by Gasteiger charge is 2.06. The van der Waals surface area contributed by atoms with Gasteiger partial charge in [-0.1, -0.05) is 0 Å². The van der Waals surface area contributed by atoms with Gasteiger partial charge in [0.2, 0.25) is 11.2 Å². The molecule has 8 heteroatoms.